The minimum atomic E-state index is -0.0845. The highest BCUT2D eigenvalue weighted by atomic mass is 16.5. The molecular formula is C14H20N2O3. The molecule has 104 valence electrons. The minimum Gasteiger partial charge on any atom is -0.506 e. The van der Waals surface area contributed by atoms with Crippen LogP contribution in [0.1, 0.15) is 25.7 Å². The molecule has 1 amide bonds. The molecule has 0 heterocycles. The molecule has 2 unspecified atom stereocenters. The molecule has 1 aromatic rings. The Labute approximate surface area is 112 Å². The van der Waals surface area contributed by atoms with E-state index in [2.05, 4.69) is 5.32 Å². The van der Waals surface area contributed by atoms with E-state index in [1.54, 1.807) is 12.1 Å². The number of amides is 1. The second-order valence-corrected chi connectivity index (χ2v) is 5.00. The Bertz CT molecular complexity index is 462. The molecule has 5 nitrogen and oxygen atoms in total. The minimum absolute atomic E-state index is 0.0363. The number of hydrogen-bond donors (Lipinski definition) is 3. The number of hydrogen-bond acceptors (Lipinski definition) is 4. The van der Waals surface area contributed by atoms with Gasteiger partial charge in [-0.1, -0.05) is 6.42 Å². The third-order valence-electron chi connectivity index (χ3n) is 3.55. The molecule has 2 atom stereocenters. The number of nitrogens with one attached hydrogen (secondary N) is 1. The van der Waals surface area contributed by atoms with Crippen molar-refractivity contribution in [2.75, 3.05) is 12.4 Å². The second-order valence-electron chi connectivity index (χ2n) is 5.00. The van der Waals surface area contributed by atoms with Gasteiger partial charge in [-0.05, 0) is 31.4 Å². The van der Waals surface area contributed by atoms with Crippen LogP contribution in [0, 0.1) is 5.92 Å². The fraction of sp³-hybridized carbons (Fsp3) is 0.500. The van der Waals surface area contributed by atoms with Gasteiger partial charge in [0.05, 0.1) is 12.8 Å². The van der Waals surface area contributed by atoms with Crippen LogP contribution in [-0.2, 0) is 4.79 Å². The zero-order valence-corrected chi connectivity index (χ0v) is 11.1. The zero-order valence-electron chi connectivity index (χ0n) is 11.1. The second kappa shape index (κ2) is 5.93. The topological polar surface area (TPSA) is 84.6 Å². The van der Waals surface area contributed by atoms with E-state index in [0.717, 1.165) is 19.3 Å². The average molecular weight is 264 g/mol. The van der Waals surface area contributed by atoms with Crippen LogP contribution in [0.3, 0.4) is 0 Å². The van der Waals surface area contributed by atoms with Gasteiger partial charge in [-0.25, -0.2) is 0 Å². The number of benzene rings is 1. The first kappa shape index (κ1) is 13.7. The maximum atomic E-state index is 12.1. The van der Waals surface area contributed by atoms with Gasteiger partial charge in [-0.2, -0.15) is 0 Å². The Morgan fingerprint density at radius 1 is 1.47 bits per heavy atom. The molecule has 19 heavy (non-hydrogen) atoms. The lowest BCUT2D eigenvalue weighted by Gasteiger charge is -2.25. The first-order chi connectivity index (χ1) is 9.10. The smallest absolute Gasteiger partial charge is 0.227 e. The number of aromatic hydroxyl groups is 1. The number of carbonyl (C=O) groups excluding carboxylic acids is 1. The predicted octanol–water partition coefficient (Wildman–Crippen LogP) is 1.86. The van der Waals surface area contributed by atoms with Crippen molar-refractivity contribution in [2.24, 2.45) is 11.7 Å². The summed E-state index contributed by atoms with van der Waals surface area (Å²) in [5.74, 6) is 0.468. The van der Waals surface area contributed by atoms with Crippen LogP contribution in [0.4, 0.5) is 5.69 Å². The summed E-state index contributed by atoms with van der Waals surface area (Å²) in [5.41, 5.74) is 6.26. The molecule has 0 radical (unpaired) electrons. The van der Waals surface area contributed by atoms with E-state index in [4.69, 9.17) is 10.5 Å². The van der Waals surface area contributed by atoms with E-state index < -0.39 is 0 Å². The van der Waals surface area contributed by atoms with Gasteiger partial charge >= 0.3 is 0 Å². The lowest BCUT2D eigenvalue weighted by Crippen LogP contribution is -2.34. The molecule has 1 aliphatic rings. The highest BCUT2D eigenvalue weighted by molar-refractivity contribution is 5.94. The normalized spacial score (nSPS) is 22.8. The number of anilines is 1. The van der Waals surface area contributed by atoms with Crippen molar-refractivity contribution in [3.05, 3.63) is 18.2 Å². The van der Waals surface area contributed by atoms with Gasteiger partial charge in [0.2, 0.25) is 5.91 Å². The van der Waals surface area contributed by atoms with Crippen molar-refractivity contribution >= 4 is 11.6 Å². The summed E-state index contributed by atoms with van der Waals surface area (Å²) in [5, 5.41) is 12.5. The van der Waals surface area contributed by atoms with E-state index in [1.807, 2.05) is 0 Å². The summed E-state index contributed by atoms with van der Waals surface area (Å²) in [6.07, 6.45) is 3.51. The van der Waals surface area contributed by atoms with Gasteiger partial charge < -0.3 is 20.9 Å². The molecule has 0 aromatic heterocycles. The summed E-state index contributed by atoms with van der Waals surface area (Å²) in [6, 6.07) is 4.85. The molecule has 2 rings (SSSR count). The molecule has 5 heteroatoms. The van der Waals surface area contributed by atoms with E-state index >= 15 is 0 Å². The van der Waals surface area contributed by atoms with Gasteiger partial charge in [0.15, 0.2) is 0 Å². The van der Waals surface area contributed by atoms with Crippen LogP contribution in [0.25, 0.3) is 0 Å². The Morgan fingerprint density at radius 3 is 2.95 bits per heavy atom. The Kier molecular flexibility index (Phi) is 4.27. The van der Waals surface area contributed by atoms with E-state index in [0.29, 0.717) is 17.9 Å². The molecule has 4 N–H and O–H groups in total. The maximum absolute atomic E-state index is 12.1. The molecule has 1 fully saturated rings. The van der Waals surface area contributed by atoms with Crippen molar-refractivity contribution in [1.82, 2.24) is 0 Å². The van der Waals surface area contributed by atoms with Crippen molar-refractivity contribution in [3.63, 3.8) is 0 Å². The molecule has 0 aliphatic heterocycles. The standard InChI is InChI=1S/C14H20N2O3/c1-19-11-5-6-13(17)12(8-11)16-14(18)9-3-2-4-10(15)7-9/h5-6,8-10,17H,2-4,7,15H2,1H3,(H,16,18). The van der Waals surface area contributed by atoms with Gasteiger partial charge in [0.25, 0.3) is 0 Å². The molecule has 1 saturated carbocycles. The highest BCUT2D eigenvalue weighted by Gasteiger charge is 2.25. The van der Waals surface area contributed by atoms with Crippen molar-refractivity contribution < 1.29 is 14.6 Å². The van der Waals surface area contributed by atoms with Crippen LogP contribution in [0.5, 0.6) is 11.5 Å². The molecule has 1 aromatic carbocycles. The predicted molar refractivity (Wildman–Crippen MR) is 73.2 cm³/mol. The van der Waals surface area contributed by atoms with E-state index in [-0.39, 0.29) is 23.6 Å². The Morgan fingerprint density at radius 2 is 2.26 bits per heavy atom. The van der Waals surface area contributed by atoms with Gasteiger partial charge in [-0.3, -0.25) is 4.79 Å². The average Bonchev–Trinajstić information content (AvgIpc) is 2.41. The number of methoxy groups -OCH3 is 1. The highest BCUT2D eigenvalue weighted by Crippen LogP contribution is 2.30. The largest absolute Gasteiger partial charge is 0.506 e. The summed E-state index contributed by atoms with van der Waals surface area (Å²) in [4.78, 5) is 12.1. The summed E-state index contributed by atoms with van der Waals surface area (Å²) >= 11 is 0. The van der Waals surface area contributed by atoms with E-state index in [9.17, 15) is 9.90 Å². The summed E-state index contributed by atoms with van der Waals surface area (Å²) in [6.45, 7) is 0. The van der Waals surface area contributed by atoms with Gasteiger partial charge in [0, 0.05) is 18.0 Å². The molecular weight excluding hydrogens is 244 g/mol. The quantitative estimate of drug-likeness (QED) is 0.727. The Hall–Kier alpha value is -1.75. The lowest BCUT2D eigenvalue weighted by atomic mass is 9.85. The number of phenols is 1. The number of carbonyl (C=O) groups is 1. The van der Waals surface area contributed by atoms with Crippen molar-refractivity contribution in [1.29, 1.82) is 0 Å². The third-order valence-corrected chi connectivity index (χ3v) is 3.55. The van der Waals surface area contributed by atoms with Crippen molar-refractivity contribution in [3.8, 4) is 11.5 Å². The van der Waals surface area contributed by atoms with Crippen LogP contribution >= 0.6 is 0 Å². The lowest BCUT2D eigenvalue weighted by molar-refractivity contribution is -0.120. The van der Waals surface area contributed by atoms with Crippen LogP contribution in [0.15, 0.2) is 18.2 Å². The zero-order chi connectivity index (χ0) is 13.8. The van der Waals surface area contributed by atoms with E-state index in [1.165, 1.54) is 13.2 Å². The fourth-order valence-corrected chi connectivity index (χ4v) is 2.44. The number of ether oxygens (including phenoxy) is 1. The number of nitrogens with two attached hydrogens (primary N) is 1. The number of rotatable bonds is 3. The fourth-order valence-electron chi connectivity index (χ4n) is 2.44. The van der Waals surface area contributed by atoms with Gasteiger partial charge in [-0.15, -0.1) is 0 Å². The number of phenolic OH excluding ortho intramolecular Hbond substituents is 1. The first-order valence-electron chi connectivity index (χ1n) is 6.53. The molecule has 1 aliphatic carbocycles. The summed E-state index contributed by atoms with van der Waals surface area (Å²) in [7, 11) is 1.54. The third kappa shape index (κ3) is 3.38. The monoisotopic (exact) mass is 264 g/mol. The molecule has 0 bridgehead atoms. The SMILES string of the molecule is COc1ccc(O)c(NC(=O)C2CCCC(N)C2)c1. The van der Waals surface area contributed by atoms with Gasteiger partial charge in [0.1, 0.15) is 11.5 Å². The van der Waals surface area contributed by atoms with Crippen LogP contribution in [-0.4, -0.2) is 24.2 Å². The van der Waals surface area contributed by atoms with Crippen LogP contribution < -0.4 is 15.8 Å². The first-order valence-corrected chi connectivity index (χ1v) is 6.53. The van der Waals surface area contributed by atoms with Crippen molar-refractivity contribution in [2.45, 2.75) is 31.7 Å². The Balaban J connectivity index is 2.05. The molecule has 0 saturated heterocycles. The summed E-state index contributed by atoms with van der Waals surface area (Å²) < 4.78 is 5.07. The van der Waals surface area contributed by atoms with Crippen LogP contribution in [0.2, 0.25) is 0 Å². The molecule has 0 spiro atoms. The maximum Gasteiger partial charge on any atom is 0.227 e.